The molecule has 1 rings (SSSR count). The summed E-state index contributed by atoms with van der Waals surface area (Å²) in [5, 5.41) is 3.39. The van der Waals surface area contributed by atoms with E-state index in [0.717, 1.165) is 39.2 Å². The summed E-state index contributed by atoms with van der Waals surface area (Å²) in [5.41, 5.74) is 0. The molecule has 0 amide bonds. The molecule has 0 spiro atoms. The van der Waals surface area contributed by atoms with E-state index in [0.29, 0.717) is 12.1 Å². The van der Waals surface area contributed by atoms with Gasteiger partial charge >= 0.3 is 0 Å². The van der Waals surface area contributed by atoms with Crippen molar-refractivity contribution < 1.29 is 4.74 Å². The molecular formula is C12H24N2O. The first-order valence-corrected chi connectivity index (χ1v) is 5.91. The summed E-state index contributed by atoms with van der Waals surface area (Å²) in [7, 11) is 0. The highest BCUT2D eigenvalue weighted by atomic mass is 16.5. The topological polar surface area (TPSA) is 24.5 Å². The van der Waals surface area contributed by atoms with Gasteiger partial charge in [-0.1, -0.05) is 6.08 Å². The molecule has 1 fully saturated rings. The number of nitrogens with one attached hydrogen (secondary N) is 1. The van der Waals surface area contributed by atoms with Gasteiger partial charge in [-0.15, -0.1) is 6.58 Å². The lowest BCUT2D eigenvalue weighted by atomic mass is 10.2. The quantitative estimate of drug-likeness (QED) is 0.530. The van der Waals surface area contributed by atoms with Crippen molar-refractivity contribution in [2.45, 2.75) is 32.4 Å². The van der Waals surface area contributed by atoms with Crippen molar-refractivity contribution >= 4 is 0 Å². The molecular weight excluding hydrogens is 188 g/mol. The maximum absolute atomic E-state index is 5.71. The van der Waals surface area contributed by atoms with Crippen molar-refractivity contribution in [3.05, 3.63) is 12.7 Å². The van der Waals surface area contributed by atoms with E-state index in [1.165, 1.54) is 0 Å². The average molecular weight is 212 g/mol. The van der Waals surface area contributed by atoms with Gasteiger partial charge in [0.05, 0.1) is 12.7 Å². The predicted molar refractivity (Wildman–Crippen MR) is 64.1 cm³/mol. The molecule has 15 heavy (non-hydrogen) atoms. The van der Waals surface area contributed by atoms with Gasteiger partial charge in [0.15, 0.2) is 0 Å². The maximum Gasteiger partial charge on any atom is 0.0826 e. The first-order chi connectivity index (χ1) is 7.24. The molecule has 0 aromatic heterocycles. The van der Waals surface area contributed by atoms with Crippen LogP contribution in [0.25, 0.3) is 0 Å². The number of ether oxygens (including phenoxy) is 1. The van der Waals surface area contributed by atoms with Crippen LogP contribution in [0.5, 0.6) is 0 Å². The summed E-state index contributed by atoms with van der Waals surface area (Å²) in [6.07, 6.45) is 3.32. The first kappa shape index (κ1) is 12.7. The van der Waals surface area contributed by atoms with Crippen molar-refractivity contribution in [3.63, 3.8) is 0 Å². The van der Waals surface area contributed by atoms with Gasteiger partial charge in [0.25, 0.3) is 0 Å². The summed E-state index contributed by atoms with van der Waals surface area (Å²) in [4.78, 5) is 2.48. The SMILES string of the molecule is C=CCCNCC1CN(C(C)C)CCO1. The fourth-order valence-electron chi connectivity index (χ4n) is 1.80. The van der Waals surface area contributed by atoms with Crippen LogP contribution in [0, 0.1) is 0 Å². The standard InChI is InChI=1S/C12H24N2O/c1-4-5-6-13-9-12-10-14(11(2)3)7-8-15-12/h4,11-13H,1,5-10H2,2-3H3. The van der Waals surface area contributed by atoms with Gasteiger partial charge < -0.3 is 10.1 Å². The molecule has 0 saturated carbocycles. The second kappa shape index (κ2) is 6.99. The van der Waals surface area contributed by atoms with Crippen molar-refractivity contribution in [3.8, 4) is 0 Å². The molecule has 0 aromatic carbocycles. The number of hydrogen-bond acceptors (Lipinski definition) is 3. The normalized spacial score (nSPS) is 23.3. The van der Waals surface area contributed by atoms with Gasteiger partial charge in [0.1, 0.15) is 0 Å². The van der Waals surface area contributed by atoms with Gasteiger partial charge in [0, 0.05) is 25.7 Å². The van der Waals surface area contributed by atoms with Crippen LogP contribution in [0.2, 0.25) is 0 Å². The molecule has 0 aliphatic carbocycles. The highest BCUT2D eigenvalue weighted by Gasteiger charge is 2.21. The largest absolute Gasteiger partial charge is 0.374 e. The number of morpholine rings is 1. The molecule has 0 aromatic rings. The summed E-state index contributed by atoms with van der Waals surface area (Å²) in [6.45, 7) is 13.1. The predicted octanol–water partition coefficient (Wildman–Crippen LogP) is 1.26. The molecule has 1 heterocycles. The molecule has 1 atom stereocenters. The molecule has 1 aliphatic heterocycles. The molecule has 3 heteroatoms. The van der Waals surface area contributed by atoms with Crippen molar-refractivity contribution in [2.24, 2.45) is 0 Å². The van der Waals surface area contributed by atoms with Crippen LogP contribution in [0.1, 0.15) is 20.3 Å². The summed E-state index contributed by atoms with van der Waals surface area (Å²) >= 11 is 0. The smallest absolute Gasteiger partial charge is 0.0826 e. The molecule has 1 N–H and O–H groups in total. The van der Waals surface area contributed by atoms with Crippen LogP contribution in [-0.4, -0.2) is 49.8 Å². The number of hydrogen-bond donors (Lipinski definition) is 1. The van der Waals surface area contributed by atoms with Gasteiger partial charge in [-0.2, -0.15) is 0 Å². The lowest BCUT2D eigenvalue weighted by Gasteiger charge is -2.35. The minimum Gasteiger partial charge on any atom is -0.374 e. The van der Waals surface area contributed by atoms with Crippen LogP contribution in [-0.2, 0) is 4.74 Å². The lowest BCUT2D eigenvalue weighted by molar-refractivity contribution is -0.0370. The first-order valence-electron chi connectivity index (χ1n) is 5.91. The summed E-state index contributed by atoms with van der Waals surface area (Å²) in [6, 6.07) is 0.629. The van der Waals surface area contributed by atoms with E-state index in [1.54, 1.807) is 0 Å². The monoisotopic (exact) mass is 212 g/mol. The van der Waals surface area contributed by atoms with Crippen molar-refractivity contribution in [1.29, 1.82) is 0 Å². The molecule has 1 unspecified atom stereocenters. The van der Waals surface area contributed by atoms with Gasteiger partial charge in [0.2, 0.25) is 0 Å². The van der Waals surface area contributed by atoms with E-state index in [2.05, 4.69) is 30.6 Å². The van der Waals surface area contributed by atoms with Crippen LogP contribution in [0.15, 0.2) is 12.7 Å². The van der Waals surface area contributed by atoms with Crippen LogP contribution >= 0.6 is 0 Å². The Morgan fingerprint density at radius 3 is 3.07 bits per heavy atom. The maximum atomic E-state index is 5.71. The van der Waals surface area contributed by atoms with E-state index in [4.69, 9.17) is 4.74 Å². The van der Waals surface area contributed by atoms with E-state index in [-0.39, 0.29) is 0 Å². The zero-order valence-electron chi connectivity index (χ0n) is 10.0. The fourth-order valence-corrected chi connectivity index (χ4v) is 1.80. The third-order valence-electron chi connectivity index (χ3n) is 2.80. The second-order valence-corrected chi connectivity index (χ2v) is 4.36. The highest BCUT2D eigenvalue weighted by Crippen LogP contribution is 2.07. The number of nitrogens with zero attached hydrogens (tertiary/aromatic N) is 1. The number of rotatable bonds is 6. The third-order valence-corrected chi connectivity index (χ3v) is 2.80. The zero-order chi connectivity index (χ0) is 11.1. The minimum atomic E-state index is 0.353. The van der Waals surface area contributed by atoms with E-state index < -0.39 is 0 Å². The van der Waals surface area contributed by atoms with Gasteiger partial charge in [-0.3, -0.25) is 4.90 Å². The Hall–Kier alpha value is -0.380. The Kier molecular flexibility index (Phi) is 5.91. The molecule has 1 aliphatic rings. The molecule has 0 bridgehead atoms. The minimum absolute atomic E-state index is 0.353. The second-order valence-electron chi connectivity index (χ2n) is 4.36. The molecule has 1 saturated heterocycles. The molecule has 3 nitrogen and oxygen atoms in total. The van der Waals surface area contributed by atoms with Gasteiger partial charge in [-0.25, -0.2) is 0 Å². The summed E-state index contributed by atoms with van der Waals surface area (Å²) in [5.74, 6) is 0. The Bertz CT molecular complexity index is 182. The average Bonchev–Trinajstić information content (AvgIpc) is 2.25. The Balaban J connectivity index is 2.15. The van der Waals surface area contributed by atoms with E-state index in [9.17, 15) is 0 Å². The Labute approximate surface area is 93.5 Å². The van der Waals surface area contributed by atoms with Crippen LogP contribution < -0.4 is 5.32 Å². The molecule has 88 valence electrons. The molecule has 0 radical (unpaired) electrons. The Morgan fingerprint density at radius 2 is 2.40 bits per heavy atom. The van der Waals surface area contributed by atoms with Crippen LogP contribution in [0.4, 0.5) is 0 Å². The van der Waals surface area contributed by atoms with Crippen molar-refractivity contribution in [2.75, 3.05) is 32.8 Å². The third kappa shape index (κ3) is 4.78. The van der Waals surface area contributed by atoms with E-state index in [1.807, 2.05) is 6.08 Å². The van der Waals surface area contributed by atoms with Crippen LogP contribution in [0.3, 0.4) is 0 Å². The highest BCUT2D eigenvalue weighted by molar-refractivity contribution is 4.76. The fraction of sp³-hybridized carbons (Fsp3) is 0.833. The van der Waals surface area contributed by atoms with Crippen molar-refractivity contribution in [1.82, 2.24) is 10.2 Å². The Morgan fingerprint density at radius 1 is 1.60 bits per heavy atom. The van der Waals surface area contributed by atoms with E-state index >= 15 is 0 Å². The zero-order valence-corrected chi connectivity index (χ0v) is 10.0. The van der Waals surface area contributed by atoms with Gasteiger partial charge in [-0.05, 0) is 26.8 Å². The summed E-state index contributed by atoms with van der Waals surface area (Å²) < 4.78 is 5.71. The lowest BCUT2D eigenvalue weighted by Crippen LogP contribution is -2.49.